The van der Waals surface area contributed by atoms with E-state index in [1.165, 1.54) is 133 Å². The Morgan fingerprint density at radius 1 is 0.517 bits per heavy atom. The van der Waals surface area contributed by atoms with E-state index in [1.54, 1.807) is 9.80 Å². The molecule has 4 rings (SSSR count). The minimum Gasteiger partial charge on any atom is -0.351 e. The zero-order chi connectivity index (χ0) is 41.4. The Hall–Kier alpha value is -2.57. The molecular formula is C46H81N5O7. The van der Waals surface area contributed by atoms with Gasteiger partial charge < -0.3 is 34.7 Å². The molecule has 4 atom stereocenters. The smallest absolute Gasteiger partial charge is 0.268 e. The molecule has 0 aliphatic carbocycles. The maximum atomic E-state index is 13.9. The lowest BCUT2D eigenvalue weighted by Crippen LogP contribution is -2.67. The van der Waals surface area contributed by atoms with E-state index in [1.807, 2.05) is 0 Å². The molecular weight excluding hydrogens is 735 g/mol. The molecule has 4 unspecified atom stereocenters. The summed E-state index contributed by atoms with van der Waals surface area (Å²) in [7, 11) is 0. The standard InChI is InChI=1S/C46H81N5O7/c1-3-5-7-9-11-13-15-17-19-21-23-25-27-29-40(53)47-38-31-33-49(38)42(55)44-51-45(58-37-46(51,35-52)36-57-44)43(56)50-34-32-39(50)48-41(54)30-28-26-24-22-20-18-16-14-12-10-8-6-4-2/h35,38-39,44-45H,3-34,36-37H2,1-2H3,(H,47,53)(H,48,54). The van der Waals surface area contributed by atoms with Gasteiger partial charge in [0, 0.05) is 38.8 Å². The molecule has 0 aromatic carbocycles. The van der Waals surface area contributed by atoms with E-state index in [0.29, 0.717) is 45.1 Å². The van der Waals surface area contributed by atoms with Gasteiger partial charge in [0.2, 0.25) is 11.8 Å². The van der Waals surface area contributed by atoms with Gasteiger partial charge in [0.05, 0.1) is 13.2 Å². The van der Waals surface area contributed by atoms with Gasteiger partial charge in [-0.1, -0.05) is 168 Å². The number of carbonyl (C=O) groups is 5. The van der Waals surface area contributed by atoms with Crippen LogP contribution in [0.4, 0.5) is 0 Å². The monoisotopic (exact) mass is 816 g/mol. The molecule has 2 N–H and O–H groups in total. The lowest BCUT2D eigenvalue weighted by Gasteiger charge is -2.45. The zero-order valence-corrected chi connectivity index (χ0v) is 36.6. The number of hydrogen-bond donors (Lipinski definition) is 2. The molecule has 0 aromatic heterocycles. The van der Waals surface area contributed by atoms with Crippen LogP contribution in [0.1, 0.15) is 206 Å². The number of likely N-dealkylation sites (tertiary alicyclic amines) is 2. The Morgan fingerprint density at radius 2 is 0.828 bits per heavy atom. The molecule has 0 radical (unpaired) electrons. The van der Waals surface area contributed by atoms with Gasteiger partial charge in [-0.2, -0.15) is 0 Å². The number of fused-ring (bicyclic) bond motifs is 1. The summed E-state index contributed by atoms with van der Waals surface area (Å²) < 4.78 is 11.9. The van der Waals surface area contributed by atoms with Crippen LogP contribution < -0.4 is 10.6 Å². The number of ether oxygens (including phenoxy) is 2. The lowest BCUT2D eigenvalue weighted by molar-refractivity contribution is -0.173. The number of carbonyl (C=O) groups excluding carboxylic acids is 5. The van der Waals surface area contributed by atoms with Crippen molar-refractivity contribution < 1.29 is 33.4 Å². The number of rotatable bonds is 33. The predicted molar refractivity (Wildman–Crippen MR) is 227 cm³/mol. The Kier molecular flexibility index (Phi) is 22.6. The van der Waals surface area contributed by atoms with Crippen LogP contribution in [0, 0.1) is 0 Å². The third-order valence-corrected chi connectivity index (χ3v) is 12.9. The maximum absolute atomic E-state index is 13.9. The van der Waals surface area contributed by atoms with Gasteiger partial charge in [-0.15, -0.1) is 0 Å². The SMILES string of the molecule is CCCCCCCCCCCCCCCC(=O)NC1CCN1C(=O)C1OCC2(C=O)COC(C(=O)N3CCC3NC(=O)CCCCCCCCCCCCCCC)N12. The molecule has 58 heavy (non-hydrogen) atoms. The van der Waals surface area contributed by atoms with Crippen LogP contribution in [0.2, 0.25) is 0 Å². The summed E-state index contributed by atoms with van der Waals surface area (Å²) in [5.74, 6) is -0.929. The average Bonchev–Trinajstić information content (AvgIpc) is 3.77. The number of nitrogens with one attached hydrogen (secondary N) is 2. The molecule has 4 saturated heterocycles. The molecule has 12 nitrogen and oxygen atoms in total. The molecule has 12 heteroatoms. The number of amides is 4. The van der Waals surface area contributed by atoms with Crippen molar-refractivity contribution in [1.29, 1.82) is 0 Å². The maximum Gasteiger partial charge on any atom is 0.268 e. The molecule has 4 amide bonds. The Labute approximate surface area is 351 Å². The van der Waals surface area contributed by atoms with Gasteiger partial charge in [-0.3, -0.25) is 19.2 Å². The highest BCUT2D eigenvalue weighted by Crippen LogP contribution is 2.38. The van der Waals surface area contributed by atoms with Crippen LogP contribution in [0.3, 0.4) is 0 Å². The van der Waals surface area contributed by atoms with Crippen molar-refractivity contribution in [3.63, 3.8) is 0 Å². The second-order valence-electron chi connectivity index (χ2n) is 17.7. The molecule has 0 bridgehead atoms. The minimum atomic E-state index is -1.25. The normalized spacial score (nSPS) is 24.0. The second-order valence-corrected chi connectivity index (χ2v) is 17.7. The Bertz CT molecular complexity index is 1150. The number of unbranched alkanes of at least 4 members (excludes halogenated alkanes) is 24. The first-order chi connectivity index (χ1) is 28.3. The average molecular weight is 816 g/mol. The van der Waals surface area contributed by atoms with Gasteiger partial charge in [0.25, 0.3) is 11.8 Å². The Morgan fingerprint density at radius 3 is 1.10 bits per heavy atom. The summed E-state index contributed by atoms with van der Waals surface area (Å²) in [6.07, 6.45) is 31.9. The summed E-state index contributed by atoms with van der Waals surface area (Å²) in [6.45, 7) is 5.26. The van der Waals surface area contributed by atoms with Crippen LogP contribution in [0.5, 0.6) is 0 Å². The van der Waals surface area contributed by atoms with E-state index in [-0.39, 0.29) is 25.0 Å². The predicted octanol–water partition coefficient (Wildman–Crippen LogP) is 8.25. The first kappa shape index (κ1) is 48.1. The van der Waals surface area contributed by atoms with Gasteiger partial charge in [-0.05, 0) is 12.8 Å². The van der Waals surface area contributed by atoms with Gasteiger partial charge in [0.15, 0.2) is 12.5 Å². The quantitative estimate of drug-likeness (QED) is 0.0499. The molecule has 0 aromatic rings. The minimum absolute atomic E-state index is 0.0696. The van der Waals surface area contributed by atoms with Crippen LogP contribution in [-0.4, -0.2) is 101 Å². The Balaban J connectivity index is 1.10. The van der Waals surface area contributed by atoms with Crippen LogP contribution >= 0.6 is 0 Å². The fourth-order valence-corrected chi connectivity index (χ4v) is 8.91. The first-order valence-electron chi connectivity index (χ1n) is 24.0. The molecule has 4 aliphatic heterocycles. The second kappa shape index (κ2) is 27.3. The molecule has 0 spiro atoms. The molecule has 4 heterocycles. The summed E-state index contributed by atoms with van der Waals surface area (Å²) in [6, 6.07) is 0. The highest BCUT2D eigenvalue weighted by atomic mass is 16.6. The number of aldehydes is 1. The molecule has 4 fully saturated rings. The molecule has 4 aliphatic rings. The van der Waals surface area contributed by atoms with Crippen molar-refractivity contribution >= 4 is 29.9 Å². The van der Waals surface area contributed by atoms with Gasteiger partial charge >= 0.3 is 0 Å². The van der Waals surface area contributed by atoms with E-state index in [9.17, 15) is 24.0 Å². The number of hydrogen-bond acceptors (Lipinski definition) is 8. The van der Waals surface area contributed by atoms with E-state index in [4.69, 9.17) is 9.47 Å². The summed E-state index contributed by atoms with van der Waals surface area (Å²) in [5.41, 5.74) is -1.25. The molecule has 0 saturated carbocycles. The van der Waals surface area contributed by atoms with Gasteiger partial charge in [0.1, 0.15) is 24.2 Å². The van der Waals surface area contributed by atoms with E-state index < -0.39 is 42.1 Å². The van der Waals surface area contributed by atoms with Crippen LogP contribution in [0.25, 0.3) is 0 Å². The topological polar surface area (TPSA) is 138 Å². The molecule has 332 valence electrons. The fourth-order valence-electron chi connectivity index (χ4n) is 8.91. The van der Waals surface area contributed by atoms with E-state index >= 15 is 0 Å². The highest BCUT2D eigenvalue weighted by Gasteiger charge is 2.62. The van der Waals surface area contributed by atoms with Gasteiger partial charge in [-0.25, -0.2) is 4.90 Å². The van der Waals surface area contributed by atoms with Crippen LogP contribution in [-0.2, 0) is 33.4 Å². The zero-order valence-electron chi connectivity index (χ0n) is 36.6. The van der Waals surface area contributed by atoms with Crippen molar-refractivity contribution in [3.05, 3.63) is 0 Å². The van der Waals surface area contributed by atoms with Crippen molar-refractivity contribution in [2.75, 3.05) is 26.3 Å². The first-order valence-corrected chi connectivity index (χ1v) is 24.0. The largest absolute Gasteiger partial charge is 0.351 e. The summed E-state index contributed by atoms with van der Waals surface area (Å²) in [4.78, 5) is 70.4. The lowest BCUT2D eigenvalue weighted by atomic mass is 10.0. The van der Waals surface area contributed by atoms with Crippen molar-refractivity contribution in [2.24, 2.45) is 0 Å². The number of nitrogens with zero attached hydrogens (tertiary/aromatic N) is 3. The highest BCUT2D eigenvalue weighted by molar-refractivity contribution is 5.88. The van der Waals surface area contributed by atoms with E-state index in [2.05, 4.69) is 24.5 Å². The third kappa shape index (κ3) is 15.2. The fraction of sp³-hybridized carbons (Fsp3) is 0.891. The summed E-state index contributed by atoms with van der Waals surface area (Å²) in [5, 5.41) is 6.02. The van der Waals surface area contributed by atoms with Crippen LogP contribution in [0.15, 0.2) is 0 Å². The van der Waals surface area contributed by atoms with Crippen molar-refractivity contribution in [1.82, 2.24) is 25.3 Å². The van der Waals surface area contributed by atoms with E-state index in [0.717, 1.165) is 38.5 Å². The third-order valence-electron chi connectivity index (χ3n) is 12.9. The van der Waals surface area contributed by atoms with Crippen molar-refractivity contribution in [2.45, 2.75) is 237 Å². The summed E-state index contributed by atoms with van der Waals surface area (Å²) >= 11 is 0. The van der Waals surface area contributed by atoms with Crippen molar-refractivity contribution in [3.8, 4) is 0 Å².